The molecular formula is C36H28BrN3O6. The van der Waals surface area contributed by atoms with E-state index in [9.17, 15) is 19.5 Å². The van der Waals surface area contributed by atoms with Crippen LogP contribution >= 0.6 is 15.9 Å². The predicted molar refractivity (Wildman–Crippen MR) is 177 cm³/mol. The van der Waals surface area contributed by atoms with Gasteiger partial charge in [0.1, 0.15) is 27.5 Å². The molecule has 0 aliphatic rings. The predicted octanol–water partition coefficient (Wildman–Crippen LogP) is 7.75. The van der Waals surface area contributed by atoms with Gasteiger partial charge in [-0.3, -0.25) is 19.4 Å². The first kappa shape index (κ1) is 34.5. The maximum Gasteiger partial charge on any atom is 0.219 e. The van der Waals surface area contributed by atoms with E-state index < -0.39 is 0 Å². The number of ether oxygens (including phenoxy) is 1. The number of phenolic OH excluding ortho intramolecular Hbond substituents is 2. The molecule has 3 aromatic heterocycles. The zero-order valence-corrected chi connectivity index (χ0v) is 25.8. The molecule has 0 amide bonds. The molecule has 46 heavy (non-hydrogen) atoms. The number of benzene rings is 3. The van der Waals surface area contributed by atoms with Gasteiger partial charge in [0.15, 0.2) is 12.6 Å². The number of ketones is 1. The van der Waals surface area contributed by atoms with Crippen LogP contribution in [0.3, 0.4) is 0 Å². The maximum absolute atomic E-state index is 11.8. The Kier molecular flexibility index (Phi) is 14.5. The minimum absolute atomic E-state index is 0.0202. The van der Waals surface area contributed by atoms with Crippen LogP contribution in [-0.2, 0) is 0 Å². The molecule has 0 spiro atoms. The second-order valence-electron chi connectivity index (χ2n) is 8.82. The lowest BCUT2D eigenvalue weighted by Gasteiger charge is -2.05. The fourth-order valence-electron chi connectivity index (χ4n) is 3.42. The first-order valence-electron chi connectivity index (χ1n) is 13.6. The third-order valence-electron chi connectivity index (χ3n) is 5.64. The molecule has 0 atom stereocenters. The number of rotatable bonds is 6. The summed E-state index contributed by atoms with van der Waals surface area (Å²) < 4.78 is 6.34. The van der Waals surface area contributed by atoms with Gasteiger partial charge in [-0.25, -0.2) is 9.97 Å². The molecule has 0 unspecified atom stereocenters. The van der Waals surface area contributed by atoms with Crippen molar-refractivity contribution in [3.63, 3.8) is 0 Å². The summed E-state index contributed by atoms with van der Waals surface area (Å²) in [6.45, 7) is 0. The Balaban J connectivity index is 0.000000175. The monoisotopic (exact) mass is 677 g/mol. The van der Waals surface area contributed by atoms with E-state index in [0.29, 0.717) is 34.7 Å². The molecule has 0 saturated heterocycles. The SMILES string of the molecule is Brc1ccccn1.O=C(c1ccccn1)c1ccccc1O.O=Cc1ccccc1O.O=Cc1ccccc1Oc1ccccn1. The lowest BCUT2D eigenvalue weighted by Crippen LogP contribution is -2.03. The number of aldehydes is 2. The number of hydrogen-bond acceptors (Lipinski definition) is 9. The van der Waals surface area contributed by atoms with Crippen molar-refractivity contribution in [3.8, 4) is 23.1 Å². The van der Waals surface area contributed by atoms with E-state index in [0.717, 1.165) is 10.9 Å². The minimum Gasteiger partial charge on any atom is -0.507 e. The number of halogens is 1. The van der Waals surface area contributed by atoms with E-state index in [1.807, 2.05) is 30.3 Å². The van der Waals surface area contributed by atoms with Gasteiger partial charge < -0.3 is 14.9 Å². The molecule has 3 heterocycles. The van der Waals surface area contributed by atoms with Crippen LogP contribution < -0.4 is 4.74 Å². The summed E-state index contributed by atoms with van der Waals surface area (Å²) in [5.41, 5.74) is 1.45. The number of hydrogen-bond donors (Lipinski definition) is 2. The van der Waals surface area contributed by atoms with Crippen molar-refractivity contribution >= 4 is 34.3 Å². The minimum atomic E-state index is -0.270. The van der Waals surface area contributed by atoms with Crippen molar-refractivity contribution < 1.29 is 29.3 Å². The molecular weight excluding hydrogens is 650 g/mol. The Morgan fingerprint density at radius 3 is 1.63 bits per heavy atom. The number of aromatic hydroxyl groups is 2. The van der Waals surface area contributed by atoms with Crippen molar-refractivity contribution in [3.05, 3.63) is 173 Å². The topological polar surface area (TPSA) is 140 Å². The number of carbonyl (C=O) groups is 3. The summed E-state index contributed by atoms with van der Waals surface area (Å²) >= 11 is 3.20. The van der Waals surface area contributed by atoms with Crippen LogP contribution in [0.2, 0.25) is 0 Å². The number of aromatic nitrogens is 3. The largest absolute Gasteiger partial charge is 0.507 e. The van der Waals surface area contributed by atoms with Gasteiger partial charge in [-0.05, 0) is 82.7 Å². The summed E-state index contributed by atoms with van der Waals surface area (Å²) in [6.07, 6.45) is 6.31. The molecule has 9 nitrogen and oxygen atoms in total. The average Bonchev–Trinajstić information content (AvgIpc) is 3.11. The van der Waals surface area contributed by atoms with Crippen LogP contribution in [0, 0.1) is 0 Å². The van der Waals surface area contributed by atoms with Crippen LogP contribution in [-0.4, -0.2) is 43.5 Å². The molecule has 0 radical (unpaired) electrons. The summed E-state index contributed by atoms with van der Waals surface area (Å²) in [6, 6.07) is 36.0. The normalized spacial score (nSPS) is 9.41. The molecule has 230 valence electrons. The highest BCUT2D eigenvalue weighted by Gasteiger charge is 2.13. The van der Waals surface area contributed by atoms with Gasteiger partial charge in [0.2, 0.25) is 11.7 Å². The fourth-order valence-corrected chi connectivity index (χ4v) is 3.69. The van der Waals surface area contributed by atoms with Gasteiger partial charge in [0.25, 0.3) is 0 Å². The van der Waals surface area contributed by atoms with E-state index in [2.05, 4.69) is 30.9 Å². The Hall–Kier alpha value is -6.00. The van der Waals surface area contributed by atoms with Gasteiger partial charge in [0.05, 0.1) is 16.7 Å². The first-order chi connectivity index (χ1) is 22.4. The molecule has 0 fully saturated rings. The molecule has 2 N–H and O–H groups in total. The number of pyridine rings is 3. The molecule has 3 aromatic carbocycles. The quantitative estimate of drug-likeness (QED) is 0.103. The molecule has 0 aliphatic carbocycles. The number of nitrogens with zero attached hydrogens (tertiary/aromatic N) is 3. The second kappa shape index (κ2) is 19.3. The highest BCUT2D eigenvalue weighted by Crippen LogP contribution is 2.22. The van der Waals surface area contributed by atoms with Gasteiger partial charge >= 0.3 is 0 Å². The Bertz CT molecular complexity index is 1810. The summed E-state index contributed by atoms with van der Waals surface area (Å²) in [7, 11) is 0. The summed E-state index contributed by atoms with van der Waals surface area (Å²) in [5.74, 6) is 0.743. The number of carbonyl (C=O) groups excluding carboxylic acids is 3. The zero-order chi connectivity index (χ0) is 33.0. The highest BCUT2D eigenvalue weighted by molar-refractivity contribution is 9.10. The van der Waals surface area contributed by atoms with E-state index in [1.165, 1.54) is 12.1 Å². The van der Waals surface area contributed by atoms with Crippen LogP contribution in [0.25, 0.3) is 0 Å². The summed E-state index contributed by atoms with van der Waals surface area (Å²) in [5, 5.41) is 18.4. The zero-order valence-electron chi connectivity index (χ0n) is 24.3. The van der Waals surface area contributed by atoms with Gasteiger partial charge in [-0.15, -0.1) is 0 Å². The van der Waals surface area contributed by atoms with E-state index in [4.69, 9.17) is 9.84 Å². The molecule has 0 bridgehead atoms. The third-order valence-corrected chi connectivity index (χ3v) is 6.11. The van der Waals surface area contributed by atoms with Crippen molar-refractivity contribution in [2.75, 3.05) is 0 Å². The Morgan fingerprint density at radius 1 is 0.587 bits per heavy atom. The number of para-hydroxylation sites is 3. The molecule has 6 rings (SSSR count). The van der Waals surface area contributed by atoms with Crippen LogP contribution in [0.5, 0.6) is 23.1 Å². The smallest absolute Gasteiger partial charge is 0.219 e. The van der Waals surface area contributed by atoms with Crippen molar-refractivity contribution in [2.24, 2.45) is 0 Å². The van der Waals surface area contributed by atoms with Crippen LogP contribution in [0.4, 0.5) is 0 Å². The van der Waals surface area contributed by atoms with Gasteiger partial charge in [-0.1, -0.05) is 54.6 Å². The van der Waals surface area contributed by atoms with Crippen molar-refractivity contribution in [1.29, 1.82) is 0 Å². The molecule has 6 aromatic rings. The first-order valence-corrected chi connectivity index (χ1v) is 14.4. The van der Waals surface area contributed by atoms with Gasteiger partial charge in [-0.2, -0.15) is 0 Å². The third kappa shape index (κ3) is 11.6. The Labute approximate surface area is 274 Å². The van der Waals surface area contributed by atoms with E-state index >= 15 is 0 Å². The molecule has 0 aliphatic heterocycles. The summed E-state index contributed by atoms with van der Waals surface area (Å²) in [4.78, 5) is 44.5. The second-order valence-corrected chi connectivity index (χ2v) is 9.63. The fraction of sp³-hybridized carbons (Fsp3) is 0. The van der Waals surface area contributed by atoms with Crippen molar-refractivity contribution in [2.45, 2.75) is 0 Å². The lowest BCUT2D eigenvalue weighted by molar-refractivity contribution is 0.103. The number of phenols is 2. The highest BCUT2D eigenvalue weighted by atomic mass is 79.9. The molecule has 10 heteroatoms. The lowest BCUT2D eigenvalue weighted by atomic mass is 10.1. The maximum atomic E-state index is 11.8. The standard InChI is InChI=1S/2C12H9NO2.C7H6O2.C5H4BrN/c14-11-7-2-1-5-9(11)12(15)10-6-3-4-8-13-10;14-9-10-5-1-2-6-11(10)15-12-7-3-4-8-13-12;8-5-6-3-1-2-4-7(6)9;6-5-3-1-2-4-7-5/h1-8,14H;1-9H;1-5,9H;1-4H. The van der Waals surface area contributed by atoms with Crippen LogP contribution in [0.1, 0.15) is 36.8 Å². The van der Waals surface area contributed by atoms with Gasteiger partial charge in [0, 0.05) is 24.7 Å². The van der Waals surface area contributed by atoms with Crippen LogP contribution in [0.15, 0.2) is 151 Å². The average molecular weight is 679 g/mol. The van der Waals surface area contributed by atoms with Crippen molar-refractivity contribution in [1.82, 2.24) is 15.0 Å². The van der Waals surface area contributed by atoms with E-state index in [1.54, 1.807) is 104 Å². The molecule has 0 saturated carbocycles. The Morgan fingerprint density at radius 2 is 1.13 bits per heavy atom. The van der Waals surface area contributed by atoms with E-state index in [-0.39, 0.29) is 22.8 Å².